The van der Waals surface area contributed by atoms with Gasteiger partial charge in [-0.3, -0.25) is 4.79 Å². The maximum Gasteiger partial charge on any atom is 0.322 e. The van der Waals surface area contributed by atoms with Gasteiger partial charge in [0.2, 0.25) is 0 Å². The van der Waals surface area contributed by atoms with Gasteiger partial charge in [-0.2, -0.15) is 0 Å². The topological polar surface area (TPSA) is 64.4 Å². The van der Waals surface area contributed by atoms with Crippen LogP contribution >= 0.6 is 0 Å². The lowest BCUT2D eigenvalue weighted by atomic mass is 9.91. The summed E-state index contributed by atoms with van der Waals surface area (Å²) >= 11 is 0. The maximum atomic E-state index is 11.4. The zero-order chi connectivity index (χ0) is 13.1. The van der Waals surface area contributed by atoms with Crippen molar-refractivity contribution in [2.24, 2.45) is 5.73 Å². The fourth-order valence-electron chi connectivity index (χ4n) is 2.21. The number of nitrogens with two attached hydrogens (primary N) is 1. The fourth-order valence-corrected chi connectivity index (χ4v) is 2.21. The van der Waals surface area contributed by atoms with E-state index in [1.54, 1.807) is 6.92 Å². The first-order valence-corrected chi connectivity index (χ1v) is 6.51. The summed E-state index contributed by atoms with van der Waals surface area (Å²) in [7, 11) is 0. The maximum absolute atomic E-state index is 11.4. The third-order valence-electron chi connectivity index (χ3n) is 2.97. The number of hydrogen-bond acceptors (Lipinski definition) is 4. The standard InChI is InChI=1S/C13H26N2O2/c1-9(14)12(16)17-11-7-5-10(6-8-11)15-13(2,3)4/h9-11,15H,5-8,14H2,1-4H3/t9-,10-,11-/m0/s1. The van der Waals surface area contributed by atoms with Crippen LogP contribution in [0.25, 0.3) is 0 Å². The monoisotopic (exact) mass is 242 g/mol. The Bertz CT molecular complexity index is 251. The first kappa shape index (κ1) is 14.5. The zero-order valence-electron chi connectivity index (χ0n) is 11.5. The van der Waals surface area contributed by atoms with Crippen LogP contribution in [0.2, 0.25) is 0 Å². The number of nitrogens with one attached hydrogen (secondary N) is 1. The van der Waals surface area contributed by atoms with Crippen molar-refractivity contribution in [2.75, 3.05) is 0 Å². The summed E-state index contributed by atoms with van der Waals surface area (Å²) in [6.07, 6.45) is 4.06. The van der Waals surface area contributed by atoms with Gasteiger partial charge in [-0.25, -0.2) is 0 Å². The Kier molecular flexibility index (Phi) is 4.95. The lowest BCUT2D eigenvalue weighted by Gasteiger charge is -2.34. The van der Waals surface area contributed by atoms with Crippen molar-refractivity contribution in [3.05, 3.63) is 0 Å². The van der Waals surface area contributed by atoms with E-state index < -0.39 is 6.04 Å². The minimum absolute atomic E-state index is 0.0616. The van der Waals surface area contributed by atoms with Gasteiger partial charge in [0.25, 0.3) is 0 Å². The van der Waals surface area contributed by atoms with E-state index >= 15 is 0 Å². The van der Waals surface area contributed by atoms with E-state index in [0.717, 1.165) is 25.7 Å². The second-order valence-corrected chi connectivity index (χ2v) is 6.09. The molecule has 0 spiro atoms. The molecule has 3 N–H and O–H groups in total. The summed E-state index contributed by atoms with van der Waals surface area (Å²) in [4.78, 5) is 11.4. The van der Waals surface area contributed by atoms with Crippen LogP contribution in [0, 0.1) is 0 Å². The molecule has 4 heteroatoms. The summed E-state index contributed by atoms with van der Waals surface area (Å²) in [5.41, 5.74) is 5.63. The molecule has 0 radical (unpaired) electrons. The Labute approximate surface area is 104 Å². The predicted molar refractivity (Wildman–Crippen MR) is 68.7 cm³/mol. The molecule has 0 heterocycles. The van der Waals surface area contributed by atoms with Crippen molar-refractivity contribution in [3.8, 4) is 0 Å². The van der Waals surface area contributed by atoms with Gasteiger partial charge in [-0.15, -0.1) is 0 Å². The molecule has 0 aromatic heterocycles. The number of carbonyl (C=O) groups excluding carboxylic acids is 1. The summed E-state index contributed by atoms with van der Waals surface area (Å²) in [6, 6.07) is 0.0284. The number of hydrogen-bond donors (Lipinski definition) is 2. The summed E-state index contributed by atoms with van der Waals surface area (Å²) in [5, 5.41) is 3.59. The van der Waals surface area contributed by atoms with Gasteiger partial charge in [0.1, 0.15) is 12.1 Å². The van der Waals surface area contributed by atoms with E-state index in [1.165, 1.54) is 0 Å². The molecule has 0 amide bonds. The van der Waals surface area contributed by atoms with Gasteiger partial charge in [-0.1, -0.05) is 0 Å². The molecule has 0 aliphatic heterocycles. The normalized spacial score (nSPS) is 27.6. The van der Waals surface area contributed by atoms with Gasteiger partial charge in [-0.05, 0) is 53.4 Å². The van der Waals surface area contributed by atoms with Crippen LogP contribution in [0.4, 0.5) is 0 Å². The van der Waals surface area contributed by atoms with E-state index in [9.17, 15) is 4.79 Å². The van der Waals surface area contributed by atoms with Crippen LogP contribution in [0.3, 0.4) is 0 Å². The molecule has 0 unspecified atom stereocenters. The van der Waals surface area contributed by atoms with Crippen LogP contribution in [0.1, 0.15) is 53.4 Å². The number of rotatable bonds is 3. The quantitative estimate of drug-likeness (QED) is 0.737. The average molecular weight is 242 g/mol. The Morgan fingerprint density at radius 2 is 1.82 bits per heavy atom. The van der Waals surface area contributed by atoms with Crippen molar-refractivity contribution in [1.29, 1.82) is 0 Å². The first-order chi connectivity index (χ1) is 7.78. The summed E-state index contributed by atoms with van der Waals surface area (Å²) < 4.78 is 5.34. The van der Waals surface area contributed by atoms with Gasteiger partial charge in [0, 0.05) is 11.6 Å². The molecule has 1 atom stereocenters. The highest BCUT2D eigenvalue weighted by molar-refractivity contribution is 5.75. The molecule has 1 fully saturated rings. The predicted octanol–water partition coefficient (Wildman–Crippen LogP) is 1.58. The van der Waals surface area contributed by atoms with Gasteiger partial charge in [0.15, 0.2) is 0 Å². The zero-order valence-corrected chi connectivity index (χ0v) is 11.5. The van der Waals surface area contributed by atoms with Crippen LogP contribution < -0.4 is 11.1 Å². The highest BCUT2D eigenvalue weighted by Gasteiger charge is 2.26. The second-order valence-electron chi connectivity index (χ2n) is 6.09. The third-order valence-corrected chi connectivity index (χ3v) is 2.97. The molecule has 1 aliphatic rings. The Morgan fingerprint density at radius 3 is 2.24 bits per heavy atom. The molecular formula is C13H26N2O2. The van der Waals surface area contributed by atoms with Gasteiger partial charge in [0.05, 0.1) is 0 Å². The van der Waals surface area contributed by atoms with E-state index in [2.05, 4.69) is 26.1 Å². The van der Waals surface area contributed by atoms with Gasteiger partial charge < -0.3 is 15.8 Å². The molecular weight excluding hydrogens is 216 g/mol. The molecule has 4 nitrogen and oxygen atoms in total. The Balaban J connectivity index is 2.29. The van der Waals surface area contributed by atoms with Gasteiger partial charge >= 0.3 is 5.97 Å². The first-order valence-electron chi connectivity index (χ1n) is 6.51. The van der Waals surface area contributed by atoms with Crippen molar-refractivity contribution < 1.29 is 9.53 Å². The summed E-state index contributed by atoms with van der Waals surface area (Å²) in [6.45, 7) is 8.19. The van der Waals surface area contributed by atoms with E-state index in [0.29, 0.717) is 6.04 Å². The van der Waals surface area contributed by atoms with Crippen molar-refractivity contribution in [3.63, 3.8) is 0 Å². The number of carbonyl (C=O) groups is 1. The number of esters is 1. The van der Waals surface area contributed by atoms with Crippen LogP contribution in [0.15, 0.2) is 0 Å². The molecule has 0 aromatic carbocycles. The average Bonchev–Trinajstić information content (AvgIpc) is 2.18. The third kappa shape index (κ3) is 5.50. The minimum atomic E-state index is -0.513. The van der Waals surface area contributed by atoms with E-state index in [-0.39, 0.29) is 17.6 Å². The SMILES string of the molecule is C[C@H](N)C(=O)O[C@H]1CC[C@H](NC(C)(C)C)CC1. The smallest absolute Gasteiger partial charge is 0.322 e. The second kappa shape index (κ2) is 5.83. The van der Waals surface area contributed by atoms with E-state index in [1.807, 2.05) is 0 Å². The Morgan fingerprint density at radius 1 is 1.29 bits per heavy atom. The molecule has 1 saturated carbocycles. The molecule has 0 bridgehead atoms. The summed E-state index contributed by atoms with van der Waals surface area (Å²) in [5.74, 6) is -0.280. The lowest BCUT2D eigenvalue weighted by molar-refractivity contribution is -0.151. The minimum Gasteiger partial charge on any atom is -0.461 e. The van der Waals surface area contributed by atoms with Crippen LogP contribution in [-0.4, -0.2) is 29.7 Å². The molecule has 1 aliphatic carbocycles. The lowest BCUT2D eigenvalue weighted by Crippen LogP contribution is -2.46. The molecule has 0 saturated heterocycles. The largest absolute Gasteiger partial charge is 0.461 e. The Hall–Kier alpha value is -0.610. The van der Waals surface area contributed by atoms with Crippen LogP contribution in [-0.2, 0) is 9.53 Å². The highest BCUT2D eigenvalue weighted by atomic mass is 16.5. The molecule has 17 heavy (non-hydrogen) atoms. The van der Waals surface area contributed by atoms with Crippen LogP contribution in [0.5, 0.6) is 0 Å². The van der Waals surface area contributed by atoms with E-state index in [4.69, 9.17) is 10.5 Å². The van der Waals surface area contributed by atoms with Crippen molar-refractivity contribution >= 4 is 5.97 Å². The molecule has 1 rings (SSSR count). The van der Waals surface area contributed by atoms with Crippen molar-refractivity contribution in [2.45, 2.75) is 77.1 Å². The molecule has 0 aromatic rings. The fraction of sp³-hybridized carbons (Fsp3) is 0.923. The molecule has 100 valence electrons. The highest BCUT2D eigenvalue weighted by Crippen LogP contribution is 2.23. The van der Waals surface area contributed by atoms with Crippen molar-refractivity contribution in [1.82, 2.24) is 5.32 Å². The number of ether oxygens (including phenoxy) is 1.